The second kappa shape index (κ2) is 8.49. The van der Waals surface area contributed by atoms with Gasteiger partial charge < -0.3 is 4.74 Å². The van der Waals surface area contributed by atoms with Gasteiger partial charge in [0.05, 0.1) is 10.7 Å². The summed E-state index contributed by atoms with van der Waals surface area (Å²) in [7, 11) is 1.57. The molecular weight excluding hydrogens is 419 g/mol. The fourth-order valence-electron chi connectivity index (χ4n) is 1.89. The molecule has 0 spiro atoms. The summed E-state index contributed by atoms with van der Waals surface area (Å²) in [5, 5.41) is 0. The van der Waals surface area contributed by atoms with Crippen LogP contribution in [0.1, 0.15) is 21.5 Å². The van der Waals surface area contributed by atoms with E-state index in [1.165, 1.54) is 6.08 Å². The van der Waals surface area contributed by atoms with Crippen molar-refractivity contribution in [3.8, 4) is 5.75 Å². The monoisotopic (exact) mass is 436 g/mol. The van der Waals surface area contributed by atoms with Crippen LogP contribution in [0.4, 0.5) is 0 Å². The van der Waals surface area contributed by atoms with Crippen LogP contribution in [0.5, 0.6) is 5.75 Å². The highest BCUT2D eigenvalue weighted by molar-refractivity contribution is 14.1. The summed E-state index contributed by atoms with van der Waals surface area (Å²) < 4.78 is 5.95. The molecule has 0 unspecified atom stereocenters. The van der Waals surface area contributed by atoms with Crippen molar-refractivity contribution >= 4 is 40.5 Å². The van der Waals surface area contributed by atoms with Crippen LogP contribution in [-0.4, -0.2) is 18.9 Å². The predicted molar refractivity (Wildman–Crippen MR) is 102 cm³/mol. The summed E-state index contributed by atoms with van der Waals surface area (Å²) in [6, 6.07) is 12.8. The Balaban J connectivity index is 1.90. The molecule has 2 amide bonds. The predicted octanol–water partition coefficient (Wildman–Crippen LogP) is 3.08. The van der Waals surface area contributed by atoms with Gasteiger partial charge in [0.1, 0.15) is 5.75 Å². The Labute approximate surface area is 154 Å². The summed E-state index contributed by atoms with van der Waals surface area (Å²) in [4.78, 5) is 23.8. The molecule has 0 aliphatic carbocycles. The van der Waals surface area contributed by atoms with Crippen molar-refractivity contribution in [3.05, 3.63) is 68.8 Å². The number of rotatable bonds is 4. The van der Waals surface area contributed by atoms with E-state index in [0.717, 1.165) is 14.7 Å². The maximum Gasteiger partial charge on any atom is 0.269 e. The van der Waals surface area contributed by atoms with Crippen molar-refractivity contribution in [1.29, 1.82) is 0 Å². The zero-order chi connectivity index (χ0) is 17.5. The van der Waals surface area contributed by atoms with Crippen molar-refractivity contribution in [2.75, 3.05) is 7.11 Å². The number of halogens is 1. The van der Waals surface area contributed by atoms with Gasteiger partial charge in [0.2, 0.25) is 0 Å². The van der Waals surface area contributed by atoms with Gasteiger partial charge in [-0.25, -0.2) is 0 Å². The molecular formula is C18H17IN2O3. The highest BCUT2D eigenvalue weighted by Crippen LogP contribution is 2.21. The van der Waals surface area contributed by atoms with E-state index in [0.29, 0.717) is 11.3 Å². The highest BCUT2D eigenvalue weighted by Gasteiger charge is 2.09. The van der Waals surface area contributed by atoms with Crippen LogP contribution >= 0.6 is 22.6 Å². The summed E-state index contributed by atoms with van der Waals surface area (Å²) in [6.07, 6.45) is 3.04. The van der Waals surface area contributed by atoms with Crippen molar-refractivity contribution in [2.24, 2.45) is 0 Å². The Hall–Kier alpha value is -2.35. The first-order valence-electron chi connectivity index (χ1n) is 7.18. The Morgan fingerprint density at radius 1 is 1.08 bits per heavy atom. The van der Waals surface area contributed by atoms with Crippen molar-refractivity contribution in [3.63, 3.8) is 0 Å². The molecule has 24 heavy (non-hydrogen) atoms. The number of amides is 2. The lowest BCUT2D eigenvalue weighted by atomic mass is 10.1. The molecule has 0 atom stereocenters. The molecule has 0 radical (unpaired) electrons. The summed E-state index contributed by atoms with van der Waals surface area (Å²) in [5.74, 6) is -0.114. The molecule has 0 heterocycles. The molecule has 0 aliphatic rings. The minimum Gasteiger partial charge on any atom is -0.496 e. The molecule has 124 valence electrons. The summed E-state index contributed by atoms with van der Waals surface area (Å²) in [6.45, 7) is 2.00. The molecule has 0 fully saturated rings. The van der Waals surface area contributed by atoms with E-state index in [2.05, 4.69) is 33.4 Å². The van der Waals surface area contributed by atoms with Gasteiger partial charge in [-0.15, -0.1) is 0 Å². The largest absolute Gasteiger partial charge is 0.496 e. The normalized spacial score (nSPS) is 10.5. The van der Waals surface area contributed by atoms with Gasteiger partial charge in [-0.2, -0.15) is 0 Å². The SMILES string of the molecule is COc1ccc(C(=O)NNC(=O)C=Cc2ccc(C)cc2)cc1I. The number of nitrogens with one attached hydrogen (secondary N) is 2. The third-order valence-corrected chi connectivity index (χ3v) is 4.06. The third-order valence-electron chi connectivity index (χ3n) is 3.22. The van der Waals surface area contributed by atoms with Crippen LogP contribution in [0.15, 0.2) is 48.5 Å². The van der Waals surface area contributed by atoms with Gasteiger partial charge in [0, 0.05) is 11.6 Å². The molecule has 0 aromatic heterocycles. The van der Waals surface area contributed by atoms with E-state index in [1.54, 1.807) is 31.4 Å². The van der Waals surface area contributed by atoms with E-state index in [4.69, 9.17) is 4.74 Å². The molecule has 0 saturated carbocycles. The fraction of sp³-hybridized carbons (Fsp3) is 0.111. The second-order valence-corrected chi connectivity index (χ2v) is 6.20. The van der Waals surface area contributed by atoms with Crippen LogP contribution in [0.2, 0.25) is 0 Å². The number of carbonyl (C=O) groups is 2. The highest BCUT2D eigenvalue weighted by atomic mass is 127. The lowest BCUT2D eigenvalue weighted by Gasteiger charge is -2.07. The third kappa shape index (κ3) is 5.09. The average molecular weight is 436 g/mol. The van der Waals surface area contributed by atoms with Crippen LogP contribution in [0.25, 0.3) is 6.08 Å². The van der Waals surface area contributed by atoms with E-state index in [9.17, 15) is 9.59 Å². The Morgan fingerprint density at radius 2 is 1.79 bits per heavy atom. The van der Waals surface area contributed by atoms with Gasteiger partial charge in [0.25, 0.3) is 11.8 Å². The molecule has 2 N–H and O–H groups in total. The molecule has 0 bridgehead atoms. The quantitative estimate of drug-likeness (QED) is 0.440. The number of methoxy groups -OCH3 is 1. The van der Waals surface area contributed by atoms with Gasteiger partial charge >= 0.3 is 0 Å². The topological polar surface area (TPSA) is 67.4 Å². The van der Waals surface area contributed by atoms with Crippen molar-refractivity contribution in [2.45, 2.75) is 6.92 Å². The zero-order valence-electron chi connectivity index (χ0n) is 13.3. The Kier molecular flexibility index (Phi) is 6.36. The van der Waals surface area contributed by atoms with Crippen LogP contribution < -0.4 is 15.6 Å². The van der Waals surface area contributed by atoms with Gasteiger partial charge in [-0.05, 0) is 59.4 Å². The molecule has 2 aromatic carbocycles. The van der Waals surface area contributed by atoms with Crippen LogP contribution in [-0.2, 0) is 4.79 Å². The number of ether oxygens (including phenoxy) is 1. The van der Waals surface area contributed by atoms with E-state index in [1.807, 2.05) is 31.2 Å². The number of hydrogen-bond donors (Lipinski definition) is 2. The first-order valence-corrected chi connectivity index (χ1v) is 8.26. The summed E-state index contributed by atoms with van der Waals surface area (Å²) in [5.41, 5.74) is 7.22. The number of aryl methyl sites for hydroxylation is 1. The minimum atomic E-state index is -0.410. The van der Waals surface area contributed by atoms with E-state index < -0.39 is 11.8 Å². The molecule has 2 rings (SSSR count). The lowest BCUT2D eigenvalue weighted by molar-refractivity contribution is -0.117. The number of carbonyl (C=O) groups excluding carboxylic acids is 2. The second-order valence-electron chi connectivity index (χ2n) is 5.04. The Morgan fingerprint density at radius 3 is 2.42 bits per heavy atom. The first-order chi connectivity index (χ1) is 11.5. The fourth-order valence-corrected chi connectivity index (χ4v) is 2.62. The number of hydrogen-bond acceptors (Lipinski definition) is 3. The van der Waals surface area contributed by atoms with E-state index in [-0.39, 0.29) is 0 Å². The standard InChI is InChI=1S/C18H17IN2O3/c1-12-3-5-13(6-4-12)7-10-17(22)20-21-18(23)14-8-9-16(24-2)15(19)11-14/h3-11H,1-2H3,(H,20,22)(H,21,23). The minimum absolute atomic E-state index is 0.396. The zero-order valence-corrected chi connectivity index (χ0v) is 15.5. The smallest absolute Gasteiger partial charge is 0.269 e. The van der Waals surface area contributed by atoms with Gasteiger partial charge in [-0.1, -0.05) is 29.8 Å². The Bertz CT molecular complexity index is 770. The van der Waals surface area contributed by atoms with Crippen LogP contribution in [0.3, 0.4) is 0 Å². The molecule has 0 aliphatic heterocycles. The van der Waals surface area contributed by atoms with Crippen LogP contribution in [0, 0.1) is 10.5 Å². The van der Waals surface area contributed by atoms with Crippen molar-refractivity contribution < 1.29 is 14.3 Å². The first kappa shape index (κ1) is 18.0. The van der Waals surface area contributed by atoms with Gasteiger partial charge in [-0.3, -0.25) is 20.4 Å². The summed E-state index contributed by atoms with van der Waals surface area (Å²) >= 11 is 2.08. The number of hydrazine groups is 1. The molecule has 6 heteroatoms. The maximum atomic E-state index is 12.0. The van der Waals surface area contributed by atoms with Gasteiger partial charge in [0.15, 0.2) is 0 Å². The molecule has 0 saturated heterocycles. The van der Waals surface area contributed by atoms with E-state index >= 15 is 0 Å². The number of benzene rings is 2. The molecule has 5 nitrogen and oxygen atoms in total. The average Bonchev–Trinajstić information content (AvgIpc) is 2.59. The molecule has 2 aromatic rings. The lowest BCUT2D eigenvalue weighted by Crippen LogP contribution is -2.40. The maximum absolute atomic E-state index is 12.0. The van der Waals surface area contributed by atoms with Crippen molar-refractivity contribution in [1.82, 2.24) is 10.9 Å².